The van der Waals surface area contributed by atoms with Crippen molar-refractivity contribution in [1.29, 1.82) is 0 Å². The smallest absolute Gasteiger partial charge is 0.158 e. The summed E-state index contributed by atoms with van der Waals surface area (Å²) in [5, 5.41) is 37.1. The predicted molar refractivity (Wildman–Crippen MR) is 77.7 cm³/mol. The van der Waals surface area contributed by atoms with Crippen molar-refractivity contribution in [3.63, 3.8) is 0 Å². The number of hydrogen-bond donors (Lipinski definition) is 5. The molecule has 2 rings (SSSR count). The number of phenols is 4. The lowest BCUT2D eigenvalue weighted by Gasteiger charge is -2.07. The summed E-state index contributed by atoms with van der Waals surface area (Å²) in [6.07, 6.45) is 0.504. The molecule has 0 heterocycles. The molecule has 6 nitrogen and oxygen atoms in total. The Morgan fingerprint density at radius 2 is 1.48 bits per heavy atom. The number of rotatable bonds is 5. The number of phenolic OH excluding ortho intramolecular Hbond substituents is 4. The van der Waals surface area contributed by atoms with Gasteiger partial charge in [0, 0.05) is 12.6 Å². The molecule has 0 aromatic heterocycles. The topological polar surface area (TPSA) is 110 Å². The van der Waals surface area contributed by atoms with Crippen molar-refractivity contribution in [2.45, 2.75) is 11.3 Å². The first-order chi connectivity index (χ1) is 9.97. The molecule has 0 bridgehead atoms. The van der Waals surface area contributed by atoms with Gasteiger partial charge in [-0.25, -0.2) is 8.93 Å². The molecule has 7 heteroatoms. The number of benzene rings is 2. The minimum absolute atomic E-state index is 0.185. The average Bonchev–Trinajstić information content (AvgIpc) is 2.45. The molecule has 5 N–H and O–H groups in total. The lowest BCUT2D eigenvalue weighted by molar-refractivity contribution is 0.402. The second kappa shape index (κ2) is 6.47. The van der Waals surface area contributed by atoms with E-state index in [-0.39, 0.29) is 23.0 Å². The van der Waals surface area contributed by atoms with E-state index < -0.39 is 11.0 Å². The fourth-order valence-corrected chi connectivity index (χ4v) is 2.58. The van der Waals surface area contributed by atoms with Crippen molar-refractivity contribution in [2.24, 2.45) is 0 Å². The Morgan fingerprint density at radius 3 is 2.10 bits per heavy atom. The maximum absolute atomic E-state index is 11.9. The van der Waals surface area contributed by atoms with Gasteiger partial charge in [-0.1, -0.05) is 6.07 Å². The molecule has 0 radical (unpaired) electrons. The summed E-state index contributed by atoms with van der Waals surface area (Å²) in [4.78, 5) is 0.346. The highest BCUT2D eigenvalue weighted by molar-refractivity contribution is 7.83. The summed E-state index contributed by atoms with van der Waals surface area (Å²) in [5.41, 5.74) is 0.781. The van der Waals surface area contributed by atoms with Crippen LogP contribution in [0.4, 0.5) is 0 Å². The van der Waals surface area contributed by atoms with Crippen molar-refractivity contribution in [2.75, 3.05) is 6.54 Å². The largest absolute Gasteiger partial charge is 0.504 e. The third-order valence-electron chi connectivity index (χ3n) is 2.85. The minimum Gasteiger partial charge on any atom is -0.504 e. The Hall–Kier alpha value is -2.25. The van der Waals surface area contributed by atoms with Crippen LogP contribution in [0.3, 0.4) is 0 Å². The molecule has 0 saturated carbocycles. The molecule has 2 aromatic carbocycles. The van der Waals surface area contributed by atoms with E-state index in [1.165, 1.54) is 30.3 Å². The molecule has 0 fully saturated rings. The third kappa shape index (κ3) is 3.87. The molecule has 0 aliphatic carbocycles. The van der Waals surface area contributed by atoms with Crippen molar-refractivity contribution >= 4 is 11.0 Å². The van der Waals surface area contributed by atoms with Crippen LogP contribution in [0.1, 0.15) is 5.56 Å². The number of hydrogen-bond acceptors (Lipinski definition) is 5. The zero-order valence-corrected chi connectivity index (χ0v) is 11.8. The summed E-state index contributed by atoms with van der Waals surface area (Å²) in [7, 11) is -1.52. The van der Waals surface area contributed by atoms with Crippen LogP contribution in [0.25, 0.3) is 0 Å². The average molecular weight is 309 g/mol. The molecular formula is C14H15NO5S. The normalized spacial score (nSPS) is 12.2. The van der Waals surface area contributed by atoms with Crippen molar-refractivity contribution < 1.29 is 24.6 Å². The summed E-state index contributed by atoms with van der Waals surface area (Å²) in [5.74, 6) is -0.978. The Kier molecular flexibility index (Phi) is 4.66. The molecule has 2 aromatic rings. The maximum atomic E-state index is 11.9. The van der Waals surface area contributed by atoms with E-state index in [1.807, 2.05) is 0 Å². The quantitative estimate of drug-likeness (QED) is 0.536. The molecule has 0 amide bonds. The lowest BCUT2D eigenvalue weighted by Crippen LogP contribution is -2.20. The Bertz CT molecular complexity index is 674. The van der Waals surface area contributed by atoms with Gasteiger partial charge < -0.3 is 20.4 Å². The van der Waals surface area contributed by atoms with Crippen LogP contribution in [0.5, 0.6) is 23.0 Å². The first-order valence-electron chi connectivity index (χ1n) is 6.15. The van der Waals surface area contributed by atoms with Crippen LogP contribution in [-0.4, -0.2) is 31.2 Å². The van der Waals surface area contributed by atoms with E-state index in [9.17, 15) is 24.6 Å². The molecule has 112 valence electrons. The second-order valence-corrected chi connectivity index (χ2v) is 5.68. The molecule has 21 heavy (non-hydrogen) atoms. The first kappa shape index (κ1) is 15.1. The fourth-order valence-electron chi connectivity index (χ4n) is 1.71. The summed E-state index contributed by atoms with van der Waals surface area (Å²) < 4.78 is 14.7. The molecule has 0 aliphatic rings. The van der Waals surface area contributed by atoms with Gasteiger partial charge in [0.15, 0.2) is 23.0 Å². The number of aromatic hydroxyl groups is 4. The lowest BCUT2D eigenvalue weighted by atomic mass is 10.1. The zero-order chi connectivity index (χ0) is 15.4. The van der Waals surface area contributed by atoms with Crippen LogP contribution in [0, 0.1) is 0 Å². The van der Waals surface area contributed by atoms with Crippen LogP contribution < -0.4 is 4.72 Å². The van der Waals surface area contributed by atoms with Gasteiger partial charge >= 0.3 is 0 Å². The Labute approximate surface area is 123 Å². The van der Waals surface area contributed by atoms with Gasteiger partial charge in [-0.15, -0.1) is 0 Å². The van der Waals surface area contributed by atoms with Gasteiger partial charge in [0.1, 0.15) is 11.0 Å². The highest BCUT2D eigenvalue weighted by atomic mass is 32.2. The van der Waals surface area contributed by atoms with Crippen LogP contribution in [0.15, 0.2) is 41.3 Å². The SMILES string of the molecule is O=S(NCCc1ccc(O)c(O)c1)c1ccc(O)c(O)c1. The summed E-state index contributed by atoms with van der Waals surface area (Å²) >= 11 is 0. The monoisotopic (exact) mass is 309 g/mol. The third-order valence-corrected chi connectivity index (χ3v) is 4.00. The summed E-state index contributed by atoms with van der Waals surface area (Å²) in [6.45, 7) is 0.373. The van der Waals surface area contributed by atoms with Gasteiger partial charge in [0.2, 0.25) is 0 Å². The standard InChI is InChI=1S/C14H15NO5S/c16-11-3-1-9(7-13(11)18)5-6-15-21(20)10-2-4-12(17)14(19)8-10/h1-4,7-8,15-19H,5-6H2. The van der Waals surface area contributed by atoms with Crippen LogP contribution in [-0.2, 0) is 17.4 Å². The van der Waals surface area contributed by atoms with Crippen molar-refractivity contribution in [3.8, 4) is 23.0 Å². The van der Waals surface area contributed by atoms with E-state index >= 15 is 0 Å². The molecule has 0 aliphatic heterocycles. The first-order valence-corrected chi connectivity index (χ1v) is 7.30. The van der Waals surface area contributed by atoms with Crippen molar-refractivity contribution in [1.82, 2.24) is 4.72 Å². The molecule has 1 atom stereocenters. The van der Waals surface area contributed by atoms with E-state index in [4.69, 9.17) is 0 Å². The van der Waals surface area contributed by atoms with Crippen LogP contribution >= 0.6 is 0 Å². The molecule has 0 saturated heterocycles. The zero-order valence-electron chi connectivity index (χ0n) is 11.0. The molecule has 1 unspecified atom stereocenters. The Morgan fingerprint density at radius 1 is 0.857 bits per heavy atom. The maximum Gasteiger partial charge on any atom is 0.158 e. The van der Waals surface area contributed by atoms with E-state index in [1.54, 1.807) is 6.07 Å². The molecular weight excluding hydrogens is 294 g/mol. The second-order valence-electron chi connectivity index (χ2n) is 4.39. The van der Waals surface area contributed by atoms with Crippen molar-refractivity contribution in [3.05, 3.63) is 42.0 Å². The van der Waals surface area contributed by atoms with Gasteiger partial charge in [0.05, 0.1) is 4.90 Å². The van der Waals surface area contributed by atoms with E-state index in [0.29, 0.717) is 17.9 Å². The highest BCUT2D eigenvalue weighted by Gasteiger charge is 2.07. The number of nitrogens with one attached hydrogen (secondary N) is 1. The van der Waals surface area contributed by atoms with Gasteiger partial charge in [0.25, 0.3) is 0 Å². The van der Waals surface area contributed by atoms with Crippen LogP contribution in [0.2, 0.25) is 0 Å². The highest BCUT2D eigenvalue weighted by Crippen LogP contribution is 2.26. The summed E-state index contributed by atoms with van der Waals surface area (Å²) in [6, 6.07) is 8.43. The molecule has 0 spiro atoms. The van der Waals surface area contributed by atoms with Gasteiger partial charge in [-0.05, 0) is 36.2 Å². The van der Waals surface area contributed by atoms with Gasteiger partial charge in [-0.2, -0.15) is 0 Å². The Balaban J connectivity index is 1.92. The van der Waals surface area contributed by atoms with E-state index in [2.05, 4.69) is 4.72 Å². The fraction of sp³-hybridized carbons (Fsp3) is 0.143. The van der Waals surface area contributed by atoms with E-state index in [0.717, 1.165) is 5.56 Å². The minimum atomic E-state index is -1.52. The van der Waals surface area contributed by atoms with Gasteiger partial charge in [-0.3, -0.25) is 0 Å². The predicted octanol–water partition coefficient (Wildman–Crippen LogP) is 1.36.